The molecule has 2 rings (SSSR count). The van der Waals surface area contributed by atoms with Gasteiger partial charge in [0.2, 0.25) is 0 Å². The first kappa shape index (κ1) is 13.1. The van der Waals surface area contributed by atoms with Gasteiger partial charge in [0, 0.05) is 25.0 Å². The quantitative estimate of drug-likeness (QED) is 0.619. The van der Waals surface area contributed by atoms with Gasteiger partial charge in [0.05, 0.1) is 11.8 Å². The fourth-order valence-corrected chi connectivity index (χ4v) is 1.88. The van der Waals surface area contributed by atoms with E-state index in [4.69, 9.17) is 5.73 Å². The number of nitrogens with zero attached hydrogens (tertiary/aromatic N) is 3. The molecule has 6 nitrogen and oxygen atoms in total. The summed E-state index contributed by atoms with van der Waals surface area (Å²) in [6, 6.07) is 5.45. The number of aryl methyl sites for hydroxylation is 2. The van der Waals surface area contributed by atoms with Crippen molar-refractivity contribution in [3.05, 3.63) is 41.7 Å². The van der Waals surface area contributed by atoms with Crippen LogP contribution in [0.25, 0.3) is 0 Å². The van der Waals surface area contributed by atoms with Crippen molar-refractivity contribution in [2.24, 2.45) is 0 Å². The van der Waals surface area contributed by atoms with E-state index in [-0.39, 0.29) is 5.91 Å². The molecular weight excluding hydrogens is 242 g/mol. The highest BCUT2D eigenvalue weighted by Gasteiger charge is 2.11. The van der Waals surface area contributed by atoms with E-state index in [0.717, 1.165) is 18.5 Å². The maximum Gasteiger partial charge on any atom is 0.253 e. The molecule has 0 aliphatic rings. The zero-order chi connectivity index (χ0) is 13.7. The molecule has 19 heavy (non-hydrogen) atoms. The molecule has 3 N–H and O–H groups in total. The maximum absolute atomic E-state index is 12.0. The van der Waals surface area contributed by atoms with Crippen molar-refractivity contribution in [2.75, 3.05) is 12.3 Å². The van der Waals surface area contributed by atoms with Crippen LogP contribution in [0.5, 0.6) is 0 Å². The Kier molecular flexibility index (Phi) is 4.12. The Morgan fingerprint density at radius 3 is 3.00 bits per heavy atom. The molecule has 6 heteroatoms. The van der Waals surface area contributed by atoms with Gasteiger partial charge in [0.1, 0.15) is 0 Å². The SMILES string of the molecule is Cc1cccc(N)c1C(=O)NCCCn1ccnn1. The topological polar surface area (TPSA) is 85.8 Å². The van der Waals surface area contributed by atoms with Crippen LogP contribution in [0.2, 0.25) is 0 Å². The summed E-state index contributed by atoms with van der Waals surface area (Å²) in [7, 11) is 0. The average Bonchev–Trinajstić information content (AvgIpc) is 2.87. The number of nitrogen functional groups attached to an aromatic ring is 1. The molecule has 2 aromatic rings. The van der Waals surface area contributed by atoms with Crippen LogP contribution in [-0.2, 0) is 6.54 Å². The second-order valence-corrected chi connectivity index (χ2v) is 4.31. The number of benzene rings is 1. The molecule has 100 valence electrons. The summed E-state index contributed by atoms with van der Waals surface area (Å²) in [5.74, 6) is -0.130. The number of hydrogen-bond donors (Lipinski definition) is 2. The molecule has 0 fully saturated rings. The van der Waals surface area contributed by atoms with Gasteiger partial charge in [0.25, 0.3) is 5.91 Å². The first-order valence-electron chi connectivity index (χ1n) is 6.16. The summed E-state index contributed by atoms with van der Waals surface area (Å²) in [5.41, 5.74) is 7.77. The number of nitrogens with one attached hydrogen (secondary N) is 1. The predicted octanol–water partition coefficient (Wildman–Crippen LogP) is 0.989. The molecule has 0 aliphatic carbocycles. The molecular formula is C13H17N5O. The van der Waals surface area contributed by atoms with Crippen molar-refractivity contribution in [1.82, 2.24) is 20.3 Å². The van der Waals surface area contributed by atoms with Crippen molar-refractivity contribution in [3.8, 4) is 0 Å². The van der Waals surface area contributed by atoms with E-state index in [0.29, 0.717) is 17.8 Å². The number of anilines is 1. The van der Waals surface area contributed by atoms with Crippen molar-refractivity contribution < 1.29 is 4.79 Å². The van der Waals surface area contributed by atoms with Crippen LogP contribution in [0.1, 0.15) is 22.3 Å². The average molecular weight is 259 g/mol. The Labute approximate surface area is 111 Å². The van der Waals surface area contributed by atoms with Crippen molar-refractivity contribution in [2.45, 2.75) is 19.9 Å². The van der Waals surface area contributed by atoms with Crippen molar-refractivity contribution in [3.63, 3.8) is 0 Å². The number of aromatic nitrogens is 3. The number of nitrogens with two attached hydrogens (primary N) is 1. The van der Waals surface area contributed by atoms with Gasteiger partial charge in [-0.15, -0.1) is 5.10 Å². The molecule has 0 saturated heterocycles. The molecule has 1 aromatic heterocycles. The van der Waals surface area contributed by atoms with E-state index in [9.17, 15) is 4.79 Å². The summed E-state index contributed by atoms with van der Waals surface area (Å²) < 4.78 is 1.73. The number of carbonyl (C=O) groups is 1. The van der Waals surface area contributed by atoms with Gasteiger partial charge in [-0.2, -0.15) is 0 Å². The standard InChI is InChI=1S/C13H17N5O/c1-10-4-2-5-11(14)12(10)13(19)15-6-3-8-18-9-7-16-17-18/h2,4-5,7,9H,3,6,8,14H2,1H3,(H,15,19). The number of rotatable bonds is 5. The summed E-state index contributed by atoms with van der Waals surface area (Å²) >= 11 is 0. The van der Waals surface area contributed by atoms with Crippen LogP contribution in [0, 0.1) is 6.92 Å². The summed E-state index contributed by atoms with van der Waals surface area (Å²) in [6.45, 7) is 3.18. The predicted molar refractivity (Wildman–Crippen MR) is 72.6 cm³/mol. The van der Waals surface area contributed by atoms with E-state index in [1.165, 1.54) is 0 Å². The Morgan fingerprint density at radius 2 is 2.32 bits per heavy atom. The smallest absolute Gasteiger partial charge is 0.253 e. The van der Waals surface area contributed by atoms with Gasteiger partial charge < -0.3 is 11.1 Å². The van der Waals surface area contributed by atoms with Gasteiger partial charge in [-0.1, -0.05) is 17.3 Å². The Morgan fingerprint density at radius 1 is 1.47 bits per heavy atom. The highest BCUT2D eigenvalue weighted by atomic mass is 16.1. The van der Waals surface area contributed by atoms with E-state index < -0.39 is 0 Å². The molecule has 0 aliphatic heterocycles. The fourth-order valence-electron chi connectivity index (χ4n) is 1.88. The van der Waals surface area contributed by atoms with E-state index in [2.05, 4.69) is 15.6 Å². The second-order valence-electron chi connectivity index (χ2n) is 4.31. The molecule has 1 amide bonds. The first-order valence-corrected chi connectivity index (χ1v) is 6.16. The van der Waals surface area contributed by atoms with Crippen molar-refractivity contribution >= 4 is 11.6 Å². The highest BCUT2D eigenvalue weighted by Crippen LogP contribution is 2.15. The lowest BCUT2D eigenvalue weighted by Crippen LogP contribution is -2.26. The summed E-state index contributed by atoms with van der Waals surface area (Å²) in [4.78, 5) is 12.0. The third-order valence-corrected chi connectivity index (χ3v) is 2.85. The van der Waals surface area contributed by atoms with Crippen LogP contribution in [-0.4, -0.2) is 27.4 Å². The molecule has 0 radical (unpaired) electrons. The Bertz CT molecular complexity index is 530. The number of hydrogen-bond acceptors (Lipinski definition) is 4. The Hall–Kier alpha value is -2.37. The van der Waals surface area contributed by atoms with E-state index in [1.54, 1.807) is 23.1 Å². The van der Waals surface area contributed by atoms with Gasteiger partial charge in [-0.05, 0) is 25.0 Å². The minimum absolute atomic E-state index is 0.130. The van der Waals surface area contributed by atoms with Crippen LogP contribution in [0.15, 0.2) is 30.6 Å². The van der Waals surface area contributed by atoms with Crippen LogP contribution in [0.3, 0.4) is 0 Å². The van der Waals surface area contributed by atoms with Crippen LogP contribution < -0.4 is 11.1 Å². The normalized spacial score (nSPS) is 10.4. The summed E-state index contributed by atoms with van der Waals surface area (Å²) in [6.07, 6.45) is 4.22. The number of carbonyl (C=O) groups excluding carboxylic acids is 1. The van der Waals surface area contributed by atoms with Crippen molar-refractivity contribution in [1.29, 1.82) is 0 Å². The first-order chi connectivity index (χ1) is 9.18. The number of amides is 1. The molecule has 0 atom stereocenters. The highest BCUT2D eigenvalue weighted by molar-refractivity contribution is 6.00. The molecule has 1 heterocycles. The van der Waals surface area contributed by atoms with Gasteiger partial charge in [-0.25, -0.2) is 0 Å². The fraction of sp³-hybridized carbons (Fsp3) is 0.308. The van der Waals surface area contributed by atoms with Gasteiger partial charge >= 0.3 is 0 Å². The van der Waals surface area contributed by atoms with E-state index in [1.807, 2.05) is 19.1 Å². The maximum atomic E-state index is 12.0. The van der Waals surface area contributed by atoms with Gasteiger partial charge in [-0.3, -0.25) is 9.48 Å². The lowest BCUT2D eigenvalue weighted by Gasteiger charge is -2.10. The van der Waals surface area contributed by atoms with Crippen LogP contribution >= 0.6 is 0 Å². The van der Waals surface area contributed by atoms with Gasteiger partial charge in [0.15, 0.2) is 0 Å². The molecule has 0 bridgehead atoms. The summed E-state index contributed by atoms with van der Waals surface area (Å²) in [5, 5.41) is 10.4. The van der Waals surface area contributed by atoms with Crippen LogP contribution in [0.4, 0.5) is 5.69 Å². The zero-order valence-electron chi connectivity index (χ0n) is 10.8. The molecule has 0 unspecified atom stereocenters. The monoisotopic (exact) mass is 259 g/mol. The minimum Gasteiger partial charge on any atom is -0.398 e. The lowest BCUT2D eigenvalue weighted by atomic mass is 10.1. The molecule has 0 saturated carbocycles. The molecule has 0 spiro atoms. The van der Waals surface area contributed by atoms with E-state index >= 15 is 0 Å². The third-order valence-electron chi connectivity index (χ3n) is 2.85. The lowest BCUT2D eigenvalue weighted by molar-refractivity contribution is 0.0953. The zero-order valence-corrected chi connectivity index (χ0v) is 10.8. The third kappa shape index (κ3) is 3.31. The largest absolute Gasteiger partial charge is 0.398 e. The molecule has 1 aromatic carbocycles. The second kappa shape index (κ2) is 5.99. The Balaban J connectivity index is 1.84. The minimum atomic E-state index is -0.130.